The lowest BCUT2D eigenvalue weighted by Crippen LogP contribution is -2.46. The number of ketones is 1. The molecule has 0 radical (unpaired) electrons. The normalized spacial score (nSPS) is 21.7. The van der Waals surface area contributed by atoms with Gasteiger partial charge in [-0.15, -0.1) is 0 Å². The molecule has 70 valence electrons. The second-order valence-electron chi connectivity index (χ2n) is 4.83. The third kappa shape index (κ3) is 1.86. The molecule has 1 saturated carbocycles. The second-order valence-corrected chi connectivity index (χ2v) is 4.83. The van der Waals surface area contributed by atoms with E-state index < -0.39 is 0 Å². The molecule has 1 aliphatic carbocycles. The van der Waals surface area contributed by atoms with Gasteiger partial charge in [0, 0.05) is 5.41 Å². The molecule has 1 fully saturated rings. The molecule has 1 atom stereocenters. The molecule has 1 unspecified atom stereocenters. The molecule has 0 saturated heterocycles. The molecule has 2 heteroatoms. The van der Waals surface area contributed by atoms with E-state index in [0.717, 1.165) is 12.8 Å². The van der Waals surface area contributed by atoms with Crippen molar-refractivity contribution in [3.63, 3.8) is 0 Å². The second kappa shape index (κ2) is 3.17. The van der Waals surface area contributed by atoms with Crippen LogP contribution in [0.4, 0.5) is 0 Å². The molecular formula is C10H19NO. The summed E-state index contributed by atoms with van der Waals surface area (Å²) in [6.45, 7) is 5.82. The van der Waals surface area contributed by atoms with Crippen molar-refractivity contribution in [1.82, 2.24) is 0 Å². The predicted octanol–water partition coefficient (Wildman–Crippen LogP) is 1.73. The third-order valence-electron chi connectivity index (χ3n) is 2.70. The Morgan fingerprint density at radius 2 is 1.92 bits per heavy atom. The molecule has 0 bridgehead atoms. The fraction of sp³-hybridized carbons (Fsp3) is 0.900. The molecule has 0 spiro atoms. The lowest BCUT2D eigenvalue weighted by Gasteiger charge is -2.33. The minimum Gasteiger partial charge on any atom is -0.321 e. The van der Waals surface area contributed by atoms with Crippen molar-refractivity contribution in [3.05, 3.63) is 0 Å². The maximum absolute atomic E-state index is 11.7. The zero-order valence-electron chi connectivity index (χ0n) is 8.26. The number of rotatable bonds is 2. The first kappa shape index (κ1) is 9.72. The summed E-state index contributed by atoms with van der Waals surface area (Å²) in [7, 11) is 0. The molecular weight excluding hydrogens is 150 g/mol. The van der Waals surface area contributed by atoms with Crippen LogP contribution in [0.15, 0.2) is 0 Å². The summed E-state index contributed by atoms with van der Waals surface area (Å²) in [6.07, 6.45) is 3.53. The van der Waals surface area contributed by atoms with Crippen molar-refractivity contribution < 1.29 is 4.79 Å². The Labute approximate surface area is 74.5 Å². The van der Waals surface area contributed by atoms with Gasteiger partial charge in [0.2, 0.25) is 0 Å². The third-order valence-corrected chi connectivity index (χ3v) is 2.70. The maximum Gasteiger partial charge on any atom is 0.155 e. The van der Waals surface area contributed by atoms with Crippen LogP contribution in [0.3, 0.4) is 0 Å². The van der Waals surface area contributed by atoms with E-state index in [2.05, 4.69) is 0 Å². The van der Waals surface area contributed by atoms with Crippen molar-refractivity contribution in [3.8, 4) is 0 Å². The molecule has 0 aliphatic heterocycles. The topological polar surface area (TPSA) is 43.1 Å². The smallest absolute Gasteiger partial charge is 0.155 e. The van der Waals surface area contributed by atoms with Crippen LogP contribution >= 0.6 is 0 Å². The lowest BCUT2D eigenvalue weighted by molar-refractivity contribution is -0.129. The van der Waals surface area contributed by atoms with E-state index in [-0.39, 0.29) is 17.2 Å². The van der Waals surface area contributed by atoms with Crippen LogP contribution in [0.2, 0.25) is 0 Å². The van der Waals surface area contributed by atoms with Gasteiger partial charge < -0.3 is 5.73 Å². The molecule has 12 heavy (non-hydrogen) atoms. The summed E-state index contributed by atoms with van der Waals surface area (Å²) in [5.41, 5.74) is 5.59. The Morgan fingerprint density at radius 3 is 2.17 bits per heavy atom. The van der Waals surface area contributed by atoms with Gasteiger partial charge in [-0.3, -0.25) is 4.79 Å². The van der Waals surface area contributed by atoms with Gasteiger partial charge in [0.15, 0.2) is 5.78 Å². The fourth-order valence-electron chi connectivity index (χ4n) is 1.51. The Balaban J connectivity index is 2.51. The van der Waals surface area contributed by atoms with Crippen molar-refractivity contribution in [1.29, 1.82) is 0 Å². The first-order valence-electron chi connectivity index (χ1n) is 4.73. The van der Waals surface area contributed by atoms with Gasteiger partial charge in [-0.25, -0.2) is 0 Å². The number of carbonyl (C=O) groups excluding carboxylic acids is 1. The zero-order chi connectivity index (χ0) is 9.35. The molecule has 1 rings (SSSR count). The average molecular weight is 169 g/mol. The van der Waals surface area contributed by atoms with E-state index in [1.807, 2.05) is 20.8 Å². The summed E-state index contributed by atoms with van der Waals surface area (Å²) in [5, 5.41) is 0. The highest BCUT2D eigenvalue weighted by Gasteiger charge is 2.34. The van der Waals surface area contributed by atoms with Crippen LogP contribution in [0.25, 0.3) is 0 Å². The first-order valence-corrected chi connectivity index (χ1v) is 4.73. The number of carbonyl (C=O) groups is 1. The van der Waals surface area contributed by atoms with Gasteiger partial charge in [0.1, 0.15) is 0 Å². The molecule has 1 aliphatic rings. The van der Waals surface area contributed by atoms with E-state index >= 15 is 0 Å². The summed E-state index contributed by atoms with van der Waals surface area (Å²) in [4.78, 5) is 11.7. The van der Waals surface area contributed by atoms with Gasteiger partial charge in [-0.1, -0.05) is 27.2 Å². The predicted molar refractivity (Wildman–Crippen MR) is 49.8 cm³/mol. The molecule has 0 aromatic heterocycles. The average Bonchev–Trinajstić information content (AvgIpc) is 1.79. The van der Waals surface area contributed by atoms with Gasteiger partial charge >= 0.3 is 0 Å². The van der Waals surface area contributed by atoms with Crippen molar-refractivity contribution in [2.45, 2.75) is 46.1 Å². The standard InChI is InChI=1S/C10H19NO/c1-10(2,3)9(12)8(11)7-5-4-6-7/h7-8H,4-6,11H2,1-3H3. The summed E-state index contributed by atoms with van der Waals surface area (Å²) >= 11 is 0. The zero-order valence-corrected chi connectivity index (χ0v) is 8.26. The van der Waals surface area contributed by atoms with E-state index in [0.29, 0.717) is 5.92 Å². The van der Waals surface area contributed by atoms with Crippen LogP contribution < -0.4 is 5.73 Å². The molecule has 2 N–H and O–H groups in total. The SMILES string of the molecule is CC(C)(C)C(=O)C(N)C1CCC1. The van der Waals surface area contributed by atoms with Crippen LogP contribution in [0.1, 0.15) is 40.0 Å². The number of nitrogens with two attached hydrogens (primary N) is 1. The van der Waals surface area contributed by atoms with E-state index in [4.69, 9.17) is 5.73 Å². The van der Waals surface area contributed by atoms with Crippen molar-refractivity contribution in [2.24, 2.45) is 17.1 Å². The van der Waals surface area contributed by atoms with Crippen LogP contribution in [0.5, 0.6) is 0 Å². The molecule has 0 amide bonds. The Kier molecular flexibility index (Phi) is 2.57. The number of hydrogen-bond acceptors (Lipinski definition) is 2. The van der Waals surface area contributed by atoms with Crippen molar-refractivity contribution in [2.75, 3.05) is 0 Å². The Bertz CT molecular complexity index is 177. The largest absolute Gasteiger partial charge is 0.321 e. The molecule has 0 heterocycles. The van der Waals surface area contributed by atoms with Crippen molar-refractivity contribution >= 4 is 5.78 Å². The fourth-order valence-corrected chi connectivity index (χ4v) is 1.51. The minimum absolute atomic E-state index is 0.209. The van der Waals surface area contributed by atoms with Crippen LogP contribution in [0, 0.1) is 11.3 Å². The summed E-state index contributed by atoms with van der Waals surface area (Å²) in [5.74, 6) is 0.684. The first-order chi connectivity index (χ1) is 5.43. The van der Waals surface area contributed by atoms with Gasteiger partial charge in [-0.2, -0.15) is 0 Å². The molecule has 0 aromatic carbocycles. The number of hydrogen-bond donors (Lipinski definition) is 1. The molecule has 2 nitrogen and oxygen atoms in total. The summed E-state index contributed by atoms with van der Waals surface area (Å²) in [6, 6.07) is -0.209. The molecule has 0 aromatic rings. The maximum atomic E-state index is 11.7. The highest BCUT2D eigenvalue weighted by Crippen LogP contribution is 2.31. The highest BCUT2D eigenvalue weighted by atomic mass is 16.1. The lowest BCUT2D eigenvalue weighted by atomic mass is 9.73. The minimum atomic E-state index is -0.269. The number of Topliss-reactive ketones (excluding diaryl/α,β-unsaturated/α-hetero) is 1. The van der Waals surface area contributed by atoms with E-state index in [1.54, 1.807) is 0 Å². The highest BCUT2D eigenvalue weighted by molar-refractivity contribution is 5.88. The van der Waals surface area contributed by atoms with E-state index in [9.17, 15) is 4.79 Å². The summed E-state index contributed by atoms with van der Waals surface area (Å²) < 4.78 is 0. The monoisotopic (exact) mass is 169 g/mol. The van der Waals surface area contributed by atoms with Crippen LogP contribution in [-0.4, -0.2) is 11.8 Å². The van der Waals surface area contributed by atoms with Gasteiger partial charge in [-0.05, 0) is 18.8 Å². The van der Waals surface area contributed by atoms with Gasteiger partial charge in [0.05, 0.1) is 6.04 Å². The van der Waals surface area contributed by atoms with Crippen LogP contribution in [-0.2, 0) is 4.79 Å². The van der Waals surface area contributed by atoms with E-state index in [1.165, 1.54) is 6.42 Å². The quantitative estimate of drug-likeness (QED) is 0.684. The Morgan fingerprint density at radius 1 is 1.42 bits per heavy atom. The Hall–Kier alpha value is -0.370. The van der Waals surface area contributed by atoms with Gasteiger partial charge in [0.25, 0.3) is 0 Å².